The van der Waals surface area contributed by atoms with Gasteiger partial charge in [0.1, 0.15) is 5.75 Å². The third kappa shape index (κ3) is 4.31. The van der Waals surface area contributed by atoms with Crippen LogP contribution in [0.25, 0.3) is 0 Å². The number of nitrogens with two attached hydrogens (primary N) is 1. The van der Waals surface area contributed by atoms with Gasteiger partial charge in [0.25, 0.3) is 5.91 Å². The number of primary amides is 1. The molecule has 138 valence electrons. The quantitative estimate of drug-likeness (QED) is 0.766. The molecule has 1 amide bonds. The summed E-state index contributed by atoms with van der Waals surface area (Å²) in [7, 11) is 0. The summed E-state index contributed by atoms with van der Waals surface area (Å²) in [5.74, 6) is -2.67. The zero-order valence-electron chi connectivity index (χ0n) is 14.1. The number of benzene rings is 1. The normalized spacial score (nSPS) is 18.8. The van der Waals surface area contributed by atoms with Gasteiger partial charge in [-0.1, -0.05) is 19.9 Å². The highest BCUT2D eigenvalue weighted by atomic mass is 19.4. The Kier molecular flexibility index (Phi) is 5.72. The fourth-order valence-corrected chi connectivity index (χ4v) is 2.99. The SMILES string of the molecule is CCC(C)C(=O)c1ccc(C(N)=O)c(OC(F)(F)F)c1C1CCNC1. The molecule has 0 aliphatic carbocycles. The highest BCUT2D eigenvalue weighted by Crippen LogP contribution is 2.40. The number of ketones is 1. The summed E-state index contributed by atoms with van der Waals surface area (Å²) in [6, 6.07) is 2.51. The standard InChI is InChI=1S/C17H21F3N2O3/c1-3-9(2)14(23)11-4-5-12(16(21)24)15(25-17(18,19)20)13(11)10-6-7-22-8-10/h4-5,9-10,22H,3,6-8H2,1-2H3,(H2,21,24). The zero-order chi connectivity index (χ0) is 18.8. The van der Waals surface area contributed by atoms with Crippen LogP contribution in [0.5, 0.6) is 5.75 Å². The van der Waals surface area contributed by atoms with Crippen molar-refractivity contribution in [3.05, 3.63) is 28.8 Å². The van der Waals surface area contributed by atoms with Crippen molar-refractivity contribution in [2.24, 2.45) is 11.7 Å². The Morgan fingerprint density at radius 3 is 2.48 bits per heavy atom. The number of halogens is 3. The van der Waals surface area contributed by atoms with Crippen molar-refractivity contribution in [2.45, 2.75) is 39.0 Å². The fraction of sp³-hybridized carbons (Fsp3) is 0.529. The first-order valence-electron chi connectivity index (χ1n) is 8.13. The van der Waals surface area contributed by atoms with Gasteiger partial charge in [-0.05, 0) is 25.5 Å². The van der Waals surface area contributed by atoms with Gasteiger partial charge < -0.3 is 15.8 Å². The molecule has 5 nitrogen and oxygen atoms in total. The zero-order valence-corrected chi connectivity index (χ0v) is 14.1. The highest BCUT2D eigenvalue weighted by Gasteiger charge is 2.37. The van der Waals surface area contributed by atoms with Crippen LogP contribution in [-0.4, -0.2) is 31.1 Å². The molecular weight excluding hydrogens is 337 g/mol. The second-order valence-corrected chi connectivity index (χ2v) is 6.18. The van der Waals surface area contributed by atoms with E-state index in [1.54, 1.807) is 6.92 Å². The van der Waals surface area contributed by atoms with Crippen LogP contribution in [0.1, 0.15) is 58.9 Å². The molecule has 8 heteroatoms. The van der Waals surface area contributed by atoms with E-state index in [4.69, 9.17) is 5.73 Å². The number of ether oxygens (including phenoxy) is 1. The molecule has 1 fully saturated rings. The molecule has 3 N–H and O–H groups in total. The smallest absolute Gasteiger partial charge is 0.405 e. The van der Waals surface area contributed by atoms with Crippen molar-refractivity contribution >= 4 is 11.7 Å². The van der Waals surface area contributed by atoms with Crippen LogP contribution in [0.3, 0.4) is 0 Å². The molecule has 1 aromatic carbocycles. The maximum Gasteiger partial charge on any atom is 0.573 e. The van der Waals surface area contributed by atoms with Crippen LogP contribution in [-0.2, 0) is 0 Å². The van der Waals surface area contributed by atoms with Crippen LogP contribution in [0, 0.1) is 5.92 Å². The van der Waals surface area contributed by atoms with Crippen molar-refractivity contribution in [3.8, 4) is 5.75 Å². The average molecular weight is 358 g/mol. The van der Waals surface area contributed by atoms with Crippen LogP contribution in [0.2, 0.25) is 0 Å². The van der Waals surface area contributed by atoms with Crippen LogP contribution >= 0.6 is 0 Å². The van der Waals surface area contributed by atoms with Crippen molar-refractivity contribution in [1.82, 2.24) is 5.32 Å². The van der Waals surface area contributed by atoms with Gasteiger partial charge in [-0.25, -0.2) is 0 Å². The Morgan fingerprint density at radius 2 is 2.00 bits per heavy atom. The first kappa shape index (κ1) is 19.2. The number of rotatable bonds is 6. The monoisotopic (exact) mass is 358 g/mol. The van der Waals surface area contributed by atoms with E-state index in [1.165, 1.54) is 6.07 Å². The Hall–Kier alpha value is -2.09. The number of nitrogens with one attached hydrogen (secondary N) is 1. The molecule has 0 aromatic heterocycles. The van der Waals surface area contributed by atoms with Gasteiger partial charge in [-0.2, -0.15) is 0 Å². The van der Waals surface area contributed by atoms with E-state index in [0.717, 1.165) is 6.07 Å². The van der Waals surface area contributed by atoms with Gasteiger partial charge in [-0.3, -0.25) is 9.59 Å². The summed E-state index contributed by atoms with van der Waals surface area (Å²) in [6.07, 6.45) is -3.91. The molecule has 1 aliphatic rings. The highest BCUT2D eigenvalue weighted by molar-refractivity contribution is 6.03. The van der Waals surface area contributed by atoms with Gasteiger partial charge in [0.15, 0.2) is 5.78 Å². The lowest BCUT2D eigenvalue weighted by Crippen LogP contribution is -2.25. The fourth-order valence-electron chi connectivity index (χ4n) is 2.99. The molecule has 1 heterocycles. The largest absolute Gasteiger partial charge is 0.573 e. The molecule has 1 aliphatic heterocycles. The molecule has 0 radical (unpaired) electrons. The second-order valence-electron chi connectivity index (χ2n) is 6.18. The van der Waals surface area contributed by atoms with Gasteiger partial charge in [0, 0.05) is 29.5 Å². The minimum Gasteiger partial charge on any atom is -0.405 e. The summed E-state index contributed by atoms with van der Waals surface area (Å²) in [6.45, 7) is 4.54. The van der Waals surface area contributed by atoms with E-state index in [0.29, 0.717) is 25.9 Å². The van der Waals surface area contributed by atoms with Crippen LogP contribution in [0.4, 0.5) is 13.2 Å². The summed E-state index contributed by atoms with van der Waals surface area (Å²) < 4.78 is 43.0. The Balaban J connectivity index is 2.69. The van der Waals surface area contributed by atoms with Crippen LogP contribution < -0.4 is 15.8 Å². The van der Waals surface area contributed by atoms with Crippen LogP contribution in [0.15, 0.2) is 12.1 Å². The molecule has 25 heavy (non-hydrogen) atoms. The lowest BCUT2D eigenvalue weighted by Gasteiger charge is -2.23. The number of Topliss-reactive ketones (excluding diaryl/α,β-unsaturated/α-hetero) is 1. The molecule has 0 spiro atoms. The Labute approximate surface area is 143 Å². The summed E-state index contributed by atoms with van der Waals surface area (Å²) in [5.41, 5.74) is 5.13. The Bertz CT molecular complexity index is 668. The topological polar surface area (TPSA) is 81.4 Å². The van der Waals surface area contributed by atoms with E-state index in [9.17, 15) is 22.8 Å². The van der Waals surface area contributed by atoms with Crippen molar-refractivity contribution < 1.29 is 27.5 Å². The minimum atomic E-state index is -5.00. The predicted octanol–water partition coefficient (Wildman–Crippen LogP) is 2.99. The number of carbonyl (C=O) groups is 2. The molecule has 2 unspecified atom stereocenters. The van der Waals surface area contributed by atoms with Gasteiger partial charge in [0.2, 0.25) is 0 Å². The minimum absolute atomic E-state index is 0.115. The number of amides is 1. The van der Waals surface area contributed by atoms with E-state index < -0.39 is 18.0 Å². The van der Waals surface area contributed by atoms with Crippen molar-refractivity contribution in [2.75, 3.05) is 13.1 Å². The molecule has 1 aromatic rings. The molecule has 2 atom stereocenters. The first-order chi connectivity index (χ1) is 11.7. The van der Waals surface area contributed by atoms with Gasteiger partial charge in [-0.15, -0.1) is 13.2 Å². The molecule has 2 rings (SSSR count). The Morgan fingerprint density at radius 1 is 1.36 bits per heavy atom. The van der Waals surface area contributed by atoms with Gasteiger partial charge in [0.05, 0.1) is 5.56 Å². The molecular formula is C17H21F3N2O3. The second kappa shape index (κ2) is 7.43. The van der Waals surface area contributed by atoms with Crippen molar-refractivity contribution in [3.63, 3.8) is 0 Å². The van der Waals surface area contributed by atoms with E-state index in [1.807, 2.05) is 6.92 Å². The maximum atomic E-state index is 12.9. The summed E-state index contributed by atoms with van der Waals surface area (Å²) >= 11 is 0. The lowest BCUT2D eigenvalue weighted by molar-refractivity contribution is -0.275. The number of hydrogen-bond acceptors (Lipinski definition) is 4. The molecule has 0 saturated carbocycles. The number of carbonyl (C=O) groups excluding carboxylic acids is 2. The number of alkyl halides is 3. The van der Waals surface area contributed by atoms with Crippen molar-refractivity contribution in [1.29, 1.82) is 0 Å². The van der Waals surface area contributed by atoms with Gasteiger partial charge >= 0.3 is 6.36 Å². The summed E-state index contributed by atoms with van der Waals surface area (Å²) in [5, 5.41) is 3.05. The maximum absolute atomic E-state index is 12.9. The van der Waals surface area contributed by atoms with E-state index in [2.05, 4.69) is 10.1 Å². The predicted molar refractivity (Wildman–Crippen MR) is 85.7 cm³/mol. The third-order valence-electron chi connectivity index (χ3n) is 4.47. The first-order valence-corrected chi connectivity index (χ1v) is 8.13. The van der Waals surface area contributed by atoms with E-state index in [-0.39, 0.29) is 34.3 Å². The summed E-state index contributed by atoms with van der Waals surface area (Å²) in [4.78, 5) is 24.3. The molecule has 0 bridgehead atoms. The van der Waals surface area contributed by atoms with E-state index >= 15 is 0 Å². The third-order valence-corrected chi connectivity index (χ3v) is 4.47. The number of hydrogen-bond donors (Lipinski definition) is 2. The lowest BCUT2D eigenvalue weighted by atomic mass is 9.85. The average Bonchev–Trinajstić information content (AvgIpc) is 3.05. The molecule has 1 saturated heterocycles.